The highest BCUT2D eigenvalue weighted by molar-refractivity contribution is 5.93. The number of ether oxygens (including phenoxy) is 2. The average Bonchev–Trinajstić information content (AvgIpc) is 3.28. The van der Waals surface area contributed by atoms with E-state index in [1.807, 2.05) is 4.57 Å². The van der Waals surface area contributed by atoms with Crippen molar-refractivity contribution < 1.29 is 23.6 Å². The van der Waals surface area contributed by atoms with E-state index in [0.717, 1.165) is 12.2 Å². The summed E-state index contributed by atoms with van der Waals surface area (Å²) < 4.78 is 16.6. The van der Waals surface area contributed by atoms with Crippen molar-refractivity contribution in [2.45, 2.75) is 25.4 Å². The van der Waals surface area contributed by atoms with Crippen LogP contribution in [0.2, 0.25) is 0 Å². The van der Waals surface area contributed by atoms with Gasteiger partial charge >= 0.3 is 0 Å². The molecule has 0 saturated carbocycles. The fourth-order valence-electron chi connectivity index (χ4n) is 2.81. The maximum Gasteiger partial charge on any atom is 0.290 e. The average molecular weight is 363 g/mol. The number of fused-ring (bicyclic) bond motifs is 1. The highest BCUT2D eigenvalue weighted by Gasteiger charge is 2.26. The van der Waals surface area contributed by atoms with Crippen LogP contribution in [0.3, 0.4) is 0 Å². The predicted octanol–water partition coefficient (Wildman–Crippen LogP) is 0.000700. The number of methoxy groups -OCH3 is 2. The molecule has 2 N–H and O–H groups in total. The van der Waals surface area contributed by atoms with Gasteiger partial charge in [-0.15, -0.1) is 0 Å². The number of carbonyl (C=O) groups is 2. The molecule has 2 aromatic rings. The third-order valence-corrected chi connectivity index (χ3v) is 4.14. The highest BCUT2D eigenvalue weighted by Crippen LogP contribution is 2.18. The summed E-state index contributed by atoms with van der Waals surface area (Å²) in [5.41, 5.74) is 0.469. The number of aromatic nitrogens is 3. The monoisotopic (exact) mass is 363 g/mol. The number of rotatable bonds is 7. The minimum Gasteiger partial charge on any atom is -0.479 e. The van der Waals surface area contributed by atoms with Crippen LogP contribution in [0.15, 0.2) is 16.8 Å². The molecular weight excluding hydrogens is 342 g/mol. The lowest BCUT2D eigenvalue weighted by Gasteiger charge is -2.25. The van der Waals surface area contributed by atoms with Crippen LogP contribution in [0.5, 0.6) is 5.88 Å². The lowest BCUT2D eigenvalue weighted by molar-refractivity contribution is 0.0889. The van der Waals surface area contributed by atoms with Gasteiger partial charge in [0.1, 0.15) is 11.5 Å². The van der Waals surface area contributed by atoms with Crippen LogP contribution in [-0.2, 0) is 17.7 Å². The van der Waals surface area contributed by atoms with Gasteiger partial charge in [-0.1, -0.05) is 0 Å². The third kappa shape index (κ3) is 3.85. The summed E-state index contributed by atoms with van der Waals surface area (Å²) in [6.07, 6.45) is 2.94. The summed E-state index contributed by atoms with van der Waals surface area (Å²) in [6, 6.07) is 1.28. The summed E-state index contributed by atoms with van der Waals surface area (Å²) >= 11 is 0. The molecule has 3 heterocycles. The zero-order valence-corrected chi connectivity index (χ0v) is 14.7. The van der Waals surface area contributed by atoms with Gasteiger partial charge in [0.15, 0.2) is 0 Å². The van der Waals surface area contributed by atoms with E-state index in [0.29, 0.717) is 31.8 Å². The Labute approximate surface area is 149 Å². The summed E-state index contributed by atoms with van der Waals surface area (Å²) in [5.74, 6) is 0.559. The highest BCUT2D eigenvalue weighted by atomic mass is 16.5. The number of carbonyl (C=O) groups excluding carboxylic acids is 2. The van der Waals surface area contributed by atoms with Crippen LogP contribution < -0.4 is 15.4 Å². The first-order chi connectivity index (χ1) is 12.6. The molecule has 0 saturated heterocycles. The molecule has 3 rings (SSSR count). The third-order valence-electron chi connectivity index (χ3n) is 4.14. The van der Waals surface area contributed by atoms with Crippen LogP contribution in [0, 0.1) is 0 Å². The lowest BCUT2D eigenvalue weighted by atomic mass is 10.1. The van der Waals surface area contributed by atoms with Crippen LogP contribution >= 0.6 is 0 Å². The van der Waals surface area contributed by atoms with E-state index in [2.05, 4.69) is 20.8 Å². The molecule has 0 spiro atoms. The molecule has 2 aromatic heterocycles. The van der Waals surface area contributed by atoms with Gasteiger partial charge in [-0.2, -0.15) is 0 Å². The Balaban J connectivity index is 1.64. The van der Waals surface area contributed by atoms with E-state index in [1.165, 1.54) is 13.2 Å². The second kappa shape index (κ2) is 8.00. The molecule has 1 aliphatic heterocycles. The summed E-state index contributed by atoms with van der Waals surface area (Å²) in [6.45, 7) is 1.31. The Morgan fingerprint density at radius 3 is 2.96 bits per heavy atom. The first-order valence-electron chi connectivity index (χ1n) is 8.25. The standard InChI is InChI=1S/C16H21N5O5/c1-24-6-5-17-15(22)11-8-18-13-4-3-10(9-21(11)13)19-16(23)12-7-14(25-2)20-26-12/h7-8,10H,3-6,9H2,1-2H3,(H,17,22)(H,19,23). The van der Waals surface area contributed by atoms with Gasteiger partial charge in [0, 0.05) is 32.7 Å². The SMILES string of the molecule is COCCNC(=O)c1cnc2n1CC(NC(=O)c1cc(OC)no1)CC2. The topological polar surface area (TPSA) is 121 Å². The largest absolute Gasteiger partial charge is 0.479 e. The predicted molar refractivity (Wildman–Crippen MR) is 89.1 cm³/mol. The molecule has 0 aromatic carbocycles. The van der Waals surface area contributed by atoms with Crippen molar-refractivity contribution in [2.75, 3.05) is 27.4 Å². The second-order valence-corrected chi connectivity index (χ2v) is 5.86. The Morgan fingerprint density at radius 1 is 1.38 bits per heavy atom. The zero-order chi connectivity index (χ0) is 18.5. The maximum absolute atomic E-state index is 12.3. The van der Waals surface area contributed by atoms with Gasteiger partial charge in [0.05, 0.1) is 26.0 Å². The molecule has 1 aliphatic rings. The first-order valence-corrected chi connectivity index (χ1v) is 8.25. The van der Waals surface area contributed by atoms with Crippen LogP contribution in [0.4, 0.5) is 0 Å². The molecule has 10 heteroatoms. The van der Waals surface area contributed by atoms with Crippen molar-refractivity contribution in [2.24, 2.45) is 0 Å². The molecule has 26 heavy (non-hydrogen) atoms. The van der Waals surface area contributed by atoms with Gasteiger partial charge in [0.2, 0.25) is 5.76 Å². The van der Waals surface area contributed by atoms with E-state index in [1.54, 1.807) is 13.3 Å². The van der Waals surface area contributed by atoms with Crippen LogP contribution in [0.1, 0.15) is 33.3 Å². The van der Waals surface area contributed by atoms with Crippen molar-refractivity contribution in [3.05, 3.63) is 29.5 Å². The van der Waals surface area contributed by atoms with Gasteiger partial charge < -0.3 is 29.2 Å². The van der Waals surface area contributed by atoms with E-state index >= 15 is 0 Å². The Bertz CT molecular complexity index is 784. The van der Waals surface area contributed by atoms with Crippen LogP contribution in [-0.4, -0.2) is 59.9 Å². The van der Waals surface area contributed by atoms with Gasteiger partial charge in [-0.25, -0.2) is 4.98 Å². The van der Waals surface area contributed by atoms with E-state index in [4.69, 9.17) is 14.0 Å². The molecular formula is C16H21N5O5. The van der Waals surface area contributed by atoms with Crippen LogP contribution in [0.25, 0.3) is 0 Å². The number of nitrogens with one attached hydrogen (secondary N) is 2. The number of nitrogens with zero attached hydrogens (tertiary/aromatic N) is 3. The molecule has 140 valence electrons. The summed E-state index contributed by atoms with van der Waals surface area (Å²) in [4.78, 5) is 28.9. The quantitative estimate of drug-likeness (QED) is 0.664. The van der Waals surface area contributed by atoms with E-state index in [-0.39, 0.29) is 29.5 Å². The normalized spacial score (nSPS) is 16.0. The van der Waals surface area contributed by atoms with Crippen molar-refractivity contribution in [1.82, 2.24) is 25.3 Å². The number of aryl methyl sites for hydroxylation is 1. The first kappa shape index (κ1) is 17.9. The minimum absolute atomic E-state index is 0.0795. The van der Waals surface area contributed by atoms with Crippen molar-refractivity contribution in [3.8, 4) is 5.88 Å². The fraction of sp³-hybridized carbons (Fsp3) is 0.500. The van der Waals surface area contributed by atoms with Gasteiger partial charge in [-0.3, -0.25) is 9.59 Å². The van der Waals surface area contributed by atoms with Crippen molar-refractivity contribution in [3.63, 3.8) is 0 Å². The Morgan fingerprint density at radius 2 is 2.23 bits per heavy atom. The number of hydrogen-bond donors (Lipinski definition) is 2. The fourth-order valence-corrected chi connectivity index (χ4v) is 2.81. The number of hydrogen-bond acceptors (Lipinski definition) is 7. The molecule has 0 fully saturated rings. The smallest absolute Gasteiger partial charge is 0.290 e. The molecule has 0 aliphatic carbocycles. The van der Waals surface area contributed by atoms with Crippen molar-refractivity contribution in [1.29, 1.82) is 0 Å². The maximum atomic E-state index is 12.3. The molecule has 10 nitrogen and oxygen atoms in total. The Hall–Kier alpha value is -2.88. The minimum atomic E-state index is -0.375. The van der Waals surface area contributed by atoms with E-state index in [9.17, 15) is 9.59 Å². The molecule has 0 radical (unpaired) electrons. The summed E-state index contributed by atoms with van der Waals surface area (Å²) in [7, 11) is 3.02. The number of imidazole rings is 1. The number of amides is 2. The second-order valence-electron chi connectivity index (χ2n) is 5.86. The molecule has 1 atom stereocenters. The lowest BCUT2D eigenvalue weighted by Crippen LogP contribution is -2.42. The molecule has 2 amide bonds. The van der Waals surface area contributed by atoms with E-state index < -0.39 is 0 Å². The molecule has 0 bridgehead atoms. The summed E-state index contributed by atoms with van der Waals surface area (Å²) in [5, 5.41) is 9.28. The molecule has 1 unspecified atom stereocenters. The van der Waals surface area contributed by atoms with Gasteiger partial charge in [0.25, 0.3) is 17.7 Å². The Kier molecular flexibility index (Phi) is 5.52. The van der Waals surface area contributed by atoms with Crippen molar-refractivity contribution >= 4 is 11.8 Å². The van der Waals surface area contributed by atoms with Gasteiger partial charge in [-0.05, 0) is 11.6 Å². The zero-order valence-electron chi connectivity index (χ0n) is 14.7.